The molecule has 0 fully saturated rings. The molecule has 0 unspecified atom stereocenters. The molecule has 1 aromatic carbocycles. The van der Waals surface area contributed by atoms with Crippen molar-refractivity contribution in [1.82, 2.24) is 5.43 Å². The Hall–Kier alpha value is -1.26. The molecule has 0 aliphatic heterocycles. The van der Waals surface area contributed by atoms with Crippen LogP contribution in [0.4, 0.5) is 5.69 Å². The third-order valence-electron chi connectivity index (χ3n) is 1.39. The van der Waals surface area contributed by atoms with E-state index in [2.05, 4.69) is 0 Å². The predicted molar refractivity (Wildman–Crippen MR) is 47.5 cm³/mol. The fourth-order valence-electron chi connectivity index (χ4n) is 0.752. The van der Waals surface area contributed by atoms with Crippen LogP contribution in [0.3, 0.4) is 0 Å². The fourth-order valence-corrected chi connectivity index (χ4v) is 0.932. The van der Waals surface area contributed by atoms with Gasteiger partial charge in [-0.25, -0.2) is 5.84 Å². The number of hydrogen-bond donors (Lipinski definition) is 3. The first kappa shape index (κ1) is 8.83. The lowest BCUT2D eigenvalue weighted by Gasteiger charge is -2.01. The standard InChI is InChI=1S/C7H8ClN3O/c8-5-3-4(7(12)11-10)1-2-6(5)9/h1-3H,9-10H2,(H,11,12). The van der Waals surface area contributed by atoms with E-state index in [1.54, 1.807) is 12.1 Å². The highest BCUT2D eigenvalue weighted by Gasteiger charge is 2.04. The van der Waals surface area contributed by atoms with Crippen LogP contribution in [0.2, 0.25) is 5.02 Å². The fraction of sp³-hybridized carbons (Fsp3) is 0. The number of hydrazine groups is 1. The van der Waals surface area contributed by atoms with E-state index in [4.69, 9.17) is 23.2 Å². The average molecular weight is 186 g/mol. The Morgan fingerprint density at radius 3 is 2.67 bits per heavy atom. The highest BCUT2D eigenvalue weighted by atomic mass is 35.5. The van der Waals surface area contributed by atoms with E-state index < -0.39 is 5.91 Å². The van der Waals surface area contributed by atoms with Gasteiger partial charge in [0.2, 0.25) is 0 Å². The second kappa shape index (κ2) is 3.42. The second-order valence-electron chi connectivity index (χ2n) is 2.21. The molecule has 4 nitrogen and oxygen atoms in total. The summed E-state index contributed by atoms with van der Waals surface area (Å²) in [5.41, 5.74) is 8.25. The number of carbonyl (C=O) groups excluding carboxylic acids is 1. The summed E-state index contributed by atoms with van der Waals surface area (Å²) in [5.74, 6) is 4.53. The van der Waals surface area contributed by atoms with Crippen molar-refractivity contribution in [3.8, 4) is 0 Å². The highest BCUT2D eigenvalue weighted by Crippen LogP contribution is 2.19. The van der Waals surface area contributed by atoms with Crippen LogP contribution in [0.15, 0.2) is 18.2 Å². The molecule has 0 heterocycles. The van der Waals surface area contributed by atoms with Crippen molar-refractivity contribution in [2.24, 2.45) is 5.84 Å². The smallest absolute Gasteiger partial charge is 0.265 e. The van der Waals surface area contributed by atoms with Gasteiger partial charge in [0.1, 0.15) is 0 Å². The lowest BCUT2D eigenvalue weighted by atomic mass is 10.2. The first-order chi connectivity index (χ1) is 5.65. The third-order valence-corrected chi connectivity index (χ3v) is 1.72. The summed E-state index contributed by atoms with van der Waals surface area (Å²) in [5, 5.41) is 0.344. The molecule has 5 heteroatoms. The zero-order valence-corrected chi connectivity index (χ0v) is 6.93. The van der Waals surface area contributed by atoms with Gasteiger partial charge < -0.3 is 5.73 Å². The van der Waals surface area contributed by atoms with E-state index in [0.717, 1.165) is 0 Å². The Kier molecular flexibility index (Phi) is 2.52. The molecule has 1 amide bonds. The second-order valence-corrected chi connectivity index (χ2v) is 2.62. The number of carbonyl (C=O) groups is 1. The quantitative estimate of drug-likeness (QED) is 0.258. The van der Waals surface area contributed by atoms with Crippen molar-refractivity contribution in [2.45, 2.75) is 0 Å². The normalized spacial score (nSPS) is 9.50. The summed E-state index contributed by atoms with van der Waals surface area (Å²) in [6, 6.07) is 4.55. The number of benzene rings is 1. The molecule has 64 valence electrons. The van der Waals surface area contributed by atoms with Gasteiger partial charge in [-0.05, 0) is 18.2 Å². The van der Waals surface area contributed by atoms with E-state index >= 15 is 0 Å². The van der Waals surface area contributed by atoms with E-state index in [9.17, 15) is 4.79 Å². The Morgan fingerprint density at radius 2 is 2.17 bits per heavy atom. The number of rotatable bonds is 1. The Labute approximate surface area is 74.5 Å². The molecule has 0 aliphatic rings. The summed E-state index contributed by atoms with van der Waals surface area (Å²) in [7, 11) is 0. The van der Waals surface area contributed by atoms with Gasteiger partial charge in [0, 0.05) is 5.56 Å². The largest absolute Gasteiger partial charge is 0.398 e. The summed E-state index contributed by atoms with van der Waals surface area (Å²) in [6.07, 6.45) is 0. The van der Waals surface area contributed by atoms with Crippen LogP contribution in [0.5, 0.6) is 0 Å². The third kappa shape index (κ3) is 1.66. The van der Waals surface area contributed by atoms with Crippen LogP contribution in [0.1, 0.15) is 10.4 Å². The molecule has 5 N–H and O–H groups in total. The molecule has 1 aromatic rings. The number of nitrogens with one attached hydrogen (secondary N) is 1. The molecular weight excluding hydrogens is 178 g/mol. The van der Waals surface area contributed by atoms with E-state index in [0.29, 0.717) is 16.3 Å². The van der Waals surface area contributed by atoms with Crippen LogP contribution in [0.25, 0.3) is 0 Å². The highest BCUT2D eigenvalue weighted by molar-refractivity contribution is 6.33. The summed E-state index contributed by atoms with van der Waals surface area (Å²) in [6.45, 7) is 0. The van der Waals surface area contributed by atoms with E-state index in [1.165, 1.54) is 6.07 Å². The molecule has 0 saturated heterocycles. The van der Waals surface area contributed by atoms with Gasteiger partial charge in [-0.15, -0.1) is 0 Å². The molecule has 0 saturated carbocycles. The Morgan fingerprint density at radius 1 is 1.50 bits per heavy atom. The van der Waals surface area contributed by atoms with E-state index in [-0.39, 0.29) is 0 Å². The molecule has 12 heavy (non-hydrogen) atoms. The maximum atomic E-state index is 10.9. The first-order valence-electron chi connectivity index (χ1n) is 3.21. The lowest BCUT2D eigenvalue weighted by molar-refractivity contribution is 0.0953. The number of amides is 1. The molecular formula is C7H8ClN3O. The van der Waals surface area contributed by atoms with E-state index in [1.807, 2.05) is 5.43 Å². The maximum absolute atomic E-state index is 10.9. The Balaban J connectivity index is 3.05. The minimum atomic E-state index is -0.392. The molecule has 0 aliphatic carbocycles. The number of halogens is 1. The zero-order chi connectivity index (χ0) is 9.14. The SMILES string of the molecule is NNC(=O)c1ccc(N)c(Cl)c1. The zero-order valence-electron chi connectivity index (χ0n) is 6.17. The van der Waals surface area contributed by atoms with Crippen LogP contribution in [0, 0.1) is 0 Å². The molecule has 0 spiro atoms. The number of nitrogens with two attached hydrogens (primary N) is 2. The first-order valence-corrected chi connectivity index (χ1v) is 3.59. The van der Waals surface area contributed by atoms with Crippen molar-refractivity contribution >= 4 is 23.2 Å². The number of nitrogen functional groups attached to an aromatic ring is 2. The topological polar surface area (TPSA) is 81.1 Å². The Bertz CT molecular complexity index is 314. The van der Waals surface area contributed by atoms with Gasteiger partial charge in [-0.2, -0.15) is 0 Å². The summed E-state index contributed by atoms with van der Waals surface area (Å²) < 4.78 is 0. The van der Waals surface area contributed by atoms with Crippen LogP contribution in [-0.4, -0.2) is 5.91 Å². The van der Waals surface area contributed by atoms with Crippen LogP contribution < -0.4 is 17.0 Å². The lowest BCUT2D eigenvalue weighted by Crippen LogP contribution is -2.29. The number of hydrogen-bond acceptors (Lipinski definition) is 3. The monoisotopic (exact) mass is 185 g/mol. The molecule has 0 radical (unpaired) electrons. The summed E-state index contributed by atoms with van der Waals surface area (Å²) >= 11 is 5.67. The van der Waals surface area contributed by atoms with Gasteiger partial charge in [-0.1, -0.05) is 11.6 Å². The predicted octanol–water partition coefficient (Wildman–Crippen LogP) is 0.526. The van der Waals surface area contributed by atoms with Crippen molar-refractivity contribution < 1.29 is 4.79 Å². The van der Waals surface area contributed by atoms with Gasteiger partial charge in [-0.3, -0.25) is 10.2 Å². The van der Waals surface area contributed by atoms with Crippen molar-refractivity contribution in [2.75, 3.05) is 5.73 Å². The van der Waals surface area contributed by atoms with Crippen LogP contribution in [-0.2, 0) is 0 Å². The minimum absolute atomic E-state index is 0.344. The molecule has 0 bridgehead atoms. The van der Waals surface area contributed by atoms with Gasteiger partial charge >= 0.3 is 0 Å². The molecule has 1 rings (SSSR count). The molecule has 0 atom stereocenters. The van der Waals surface area contributed by atoms with Crippen molar-refractivity contribution in [3.05, 3.63) is 28.8 Å². The van der Waals surface area contributed by atoms with Gasteiger partial charge in [0.05, 0.1) is 10.7 Å². The number of anilines is 1. The average Bonchev–Trinajstić information content (AvgIpc) is 2.08. The van der Waals surface area contributed by atoms with Crippen molar-refractivity contribution in [1.29, 1.82) is 0 Å². The maximum Gasteiger partial charge on any atom is 0.265 e. The van der Waals surface area contributed by atoms with Crippen molar-refractivity contribution in [3.63, 3.8) is 0 Å². The minimum Gasteiger partial charge on any atom is -0.398 e. The van der Waals surface area contributed by atoms with Crippen LogP contribution >= 0.6 is 11.6 Å². The molecule has 0 aromatic heterocycles. The van der Waals surface area contributed by atoms with Gasteiger partial charge in [0.15, 0.2) is 0 Å². The van der Waals surface area contributed by atoms with Gasteiger partial charge in [0.25, 0.3) is 5.91 Å². The summed E-state index contributed by atoms with van der Waals surface area (Å²) in [4.78, 5) is 10.9.